The average Bonchev–Trinajstić information content (AvgIpc) is 2.83. The summed E-state index contributed by atoms with van der Waals surface area (Å²) in [4.78, 5) is 3.85. The molecule has 8 heteroatoms. The standard InChI is InChI=1S/C10H20N4O3S/c1-2-14-8-10(12-9-14)18(15,16)13-5-3-6-17-7-4-11/h8-9,13H,2-7,11H2,1H3. The lowest BCUT2D eigenvalue weighted by molar-refractivity contribution is 0.140. The van der Waals surface area contributed by atoms with Gasteiger partial charge in [-0.05, 0) is 13.3 Å². The number of aryl methyl sites for hydroxylation is 1. The van der Waals surface area contributed by atoms with Crippen molar-refractivity contribution in [1.29, 1.82) is 0 Å². The number of nitrogens with two attached hydrogens (primary N) is 1. The molecule has 0 unspecified atom stereocenters. The lowest BCUT2D eigenvalue weighted by atomic mass is 10.5. The van der Waals surface area contributed by atoms with E-state index >= 15 is 0 Å². The second-order valence-corrected chi connectivity index (χ2v) is 5.41. The number of nitrogens with zero attached hydrogens (tertiary/aromatic N) is 2. The van der Waals surface area contributed by atoms with E-state index < -0.39 is 10.0 Å². The zero-order chi connectivity index (χ0) is 13.4. The Morgan fingerprint density at radius 3 is 2.89 bits per heavy atom. The van der Waals surface area contributed by atoms with Crippen LogP contribution in [-0.2, 0) is 21.3 Å². The monoisotopic (exact) mass is 276 g/mol. The lowest BCUT2D eigenvalue weighted by Crippen LogP contribution is -2.26. The largest absolute Gasteiger partial charge is 0.380 e. The van der Waals surface area contributed by atoms with Gasteiger partial charge < -0.3 is 15.0 Å². The summed E-state index contributed by atoms with van der Waals surface area (Å²) in [7, 11) is -3.50. The van der Waals surface area contributed by atoms with Crippen LogP contribution in [0.3, 0.4) is 0 Å². The molecule has 1 aromatic heterocycles. The number of nitrogens with one attached hydrogen (secondary N) is 1. The molecule has 0 aliphatic heterocycles. The van der Waals surface area contributed by atoms with Gasteiger partial charge in [-0.1, -0.05) is 0 Å². The van der Waals surface area contributed by atoms with Crippen LogP contribution in [0.5, 0.6) is 0 Å². The Kier molecular flexibility index (Phi) is 6.27. The molecule has 0 spiro atoms. The Hall–Kier alpha value is -0.960. The highest BCUT2D eigenvalue weighted by atomic mass is 32.2. The van der Waals surface area contributed by atoms with E-state index in [0.717, 1.165) is 0 Å². The van der Waals surface area contributed by atoms with Crippen molar-refractivity contribution in [2.75, 3.05) is 26.3 Å². The molecule has 1 rings (SSSR count). The number of aromatic nitrogens is 2. The van der Waals surface area contributed by atoms with Crippen molar-refractivity contribution in [1.82, 2.24) is 14.3 Å². The molecular formula is C10H20N4O3S. The summed E-state index contributed by atoms with van der Waals surface area (Å²) >= 11 is 0. The highest BCUT2D eigenvalue weighted by Gasteiger charge is 2.16. The van der Waals surface area contributed by atoms with Gasteiger partial charge in [-0.2, -0.15) is 0 Å². The molecule has 0 saturated carbocycles. The van der Waals surface area contributed by atoms with Crippen LogP contribution in [-0.4, -0.2) is 44.3 Å². The van der Waals surface area contributed by atoms with Crippen LogP contribution in [0.15, 0.2) is 17.6 Å². The van der Waals surface area contributed by atoms with E-state index in [0.29, 0.717) is 39.3 Å². The molecule has 0 bridgehead atoms. The van der Waals surface area contributed by atoms with Crippen molar-refractivity contribution in [3.63, 3.8) is 0 Å². The first kappa shape index (κ1) is 15.1. The third-order valence-electron chi connectivity index (χ3n) is 2.27. The van der Waals surface area contributed by atoms with E-state index in [1.807, 2.05) is 6.92 Å². The summed E-state index contributed by atoms with van der Waals surface area (Å²) in [5, 5.41) is 0.0484. The molecular weight excluding hydrogens is 256 g/mol. The molecule has 7 nitrogen and oxygen atoms in total. The predicted molar refractivity (Wildman–Crippen MR) is 67.6 cm³/mol. The summed E-state index contributed by atoms with van der Waals surface area (Å²) in [6, 6.07) is 0. The van der Waals surface area contributed by atoms with E-state index in [2.05, 4.69) is 9.71 Å². The molecule has 3 N–H and O–H groups in total. The van der Waals surface area contributed by atoms with Crippen LogP contribution in [0.25, 0.3) is 0 Å². The quantitative estimate of drug-likeness (QED) is 0.595. The Balaban J connectivity index is 2.36. The van der Waals surface area contributed by atoms with Crippen LogP contribution in [0.2, 0.25) is 0 Å². The number of sulfonamides is 1. The summed E-state index contributed by atoms with van der Waals surface area (Å²) in [6.45, 7) is 4.39. The minimum absolute atomic E-state index is 0.0484. The summed E-state index contributed by atoms with van der Waals surface area (Å²) < 4.78 is 32.9. The molecule has 0 amide bonds. The molecule has 18 heavy (non-hydrogen) atoms. The van der Waals surface area contributed by atoms with Gasteiger partial charge in [0.1, 0.15) is 0 Å². The van der Waals surface area contributed by atoms with Gasteiger partial charge in [0.2, 0.25) is 0 Å². The van der Waals surface area contributed by atoms with Crippen LogP contribution in [0.4, 0.5) is 0 Å². The maximum atomic E-state index is 11.8. The maximum absolute atomic E-state index is 11.8. The smallest absolute Gasteiger partial charge is 0.259 e. The van der Waals surface area contributed by atoms with Crippen LogP contribution in [0, 0.1) is 0 Å². The van der Waals surface area contributed by atoms with Gasteiger partial charge in [0, 0.05) is 32.4 Å². The van der Waals surface area contributed by atoms with E-state index in [9.17, 15) is 8.42 Å². The Morgan fingerprint density at radius 1 is 1.50 bits per heavy atom. The molecule has 1 aromatic rings. The van der Waals surface area contributed by atoms with Crippen molar-refractivity contribution >= 4 is 10.0 Å². The maximum Gasteiger partial charge on any atom is 0.259 e. The fourth-order valence-electron chi connectivity index (χ4n) is 1.29. The first-order valence-electron chi connectivity index (χ1n) is 5.89. The van der Waals surface area contributed by atoms with Gasteiger partial charge in [0.05, 0.1) is 12.9 Å². The second-order valence-electron chi connectivity index (χ2n) is 3.69. The van der Waals surface area contributed by atoms with Crippen molar-refractivity contribution in [2.24, 2.45) is 5.73 Å². The average molecular weight is 276 g/mol. The van der Waals surface area contributed by atoms with Crippen LogP contribution in [0.1, 0.15) is 13.3 Å². The minimum atomic E-state index is -3.50. The van der Waals surface area contributed by atoms with Gasteiger partial charge in [0.25, 0.3) is 10.0 Å². The number of hydrogen-bond acceptors (Lipinski definition) is 5. The fraction of sp³-hybridized carbons (Fsp3) is 0.700. The van der Waals surface area contributed by atoms with E-state index in [1.54, 1.807) is 4.57 Å². The highest BCUT2D eigenvalue weighted by Crippen LogP contribution is 2.04. The zero-order valence-corrected chi connectivity index (χ0v) is 11.3. The number of rotatable bonds is 9. The van der Waals surface area contributed by atoms with E-state index in [4.69, 9.17) is 10.5 Å². The molecule has 0 aliphatic rings. The minimum Gasteiger partial charge on any atom is -0.380 e. The first-order valence-corrected chi connectivity index (χ1v) is 7.37. The lowest BCUT2D eigenvalue weighted by Gasteiger charge is -2.04. The molecule has 0 fully saturated rings. The third kappa shape index (κ3) is 4.73. The Bertz CT molecular complexity index is 444. The van der Waals surface area contributed by atoms with Gasteiger partial charge in [-0.25, -0.2) is 18.1 Å². The molecule has 104 valence electrons. The van der Waals surface area contributed by atoms with Gasteiger partial charge >= 0.3 is 0 Å². The Labute approximate surface area is 107 Å². The highest BCUT2D eigenvalue weighted by molar-refractivity contribution is 7.89. The van der Waals surface area contributed by atoms with Crippen molar-refractivity contribution in [3.8, 4) is 0 Å². The molecule has 0 aliphatic carbocycles. The van der Waals surface area contributed by atoms with Crippen molar-refractivity contribution in [3.05, 3.63) is 12.5 Å². The van der Waals surface area contributed by atoms with Gasteiger partial charge in [-0.3, -0.25) is 0 Å². The molecule has 0 atom stereocenters. The van der Waals surface area contributed by atoms with Crippen LogP contribution >= 0.6 is 0 Å². The fourth-order valence-corrected chi connectivity index (χ4v) is 2.31. The molecule has 0 aromatic carbocycles. The van der Waals surface area contributed by atoms with Gasteiger partial charge in [-0.15, -0.1) is 0 Å². The summed E-state index contributed by atoms with van der Waals surface area (Å²) in [6.07, 6.45) is 3.61. The van der Waals surface area contributed by atoms with Crippen LogP contribution < -0.4 is 10.5 Å². The SMILES string of the molecule is CCn1cnc(S(=O)(=O)NCCCOCCN)c1. The normalized spacial score (nSPS) is 11.9. The molecule has 0 saturated heterocycles. The van der Waals surface area contributed by atoms with E-state index in [-0.39, 0.29) is 5.03 Å². The predicted octanol–water partition coefficient (Wildman–Crippen LogP) is -0.453. The Morgan fingerprint density at radius 2 is 2.28 bits per heavy atom. The topological polar surface area (TPSA) is 99.2 Å². The third-order valence-corrected chi connectivity index (χ3v) is 3.62. The van der Waals surface area contributed by atoms with Gasteiger partial charge in [0.15, 0.2) is 5.03 Å². The number of hydrogen-bond donors (Lipinski definition) is 2. The molecule has 1 heterocycles. The van der Waals surface area contributed by atoms with Crippen molar-refractivity contribution in [2.45, 2.75) is 24.9 Å². The molecule has 0 radical (unpaired) electrons. The zero-order valence-electron chi connectivity index (χ0n) is 10.5. The summed E-state index contributed by atoms with van der Waals surface area (Å²) in [5.41, 5.74) is 5.26. The number of ether oxygens (including phenoxy) is 1. The second kappa shape index (κ2) is 7.47. The van der Waals surface area contributed by atoms with Crippen molar-refractivity contribution < 1.29 is 13.2 Å². The van der Waals surface area contributed by atoms with E-state index in [1.165, 1.54) is 12.5 Å². The summed E-state index contributed by atoms with van der Waals surface area (Å²) in [5.74, 6) is 0. The number of imidazole rings is 1. The first-order chi connectivity index (χ1) is 8.60.